The molecule has 8 heteroatoms. The molecule has 8 nitrogen and oxygen atoms in total. The van der Waals surface area contributed by atoms with E-state index in [0.717, 1.165) is 4.90 Å². The van der Waals surface area contributed by atoms with Crippen LogP contribution in [-0.2, 0) is 9.59 Å². The maximum absolute atomic E-state index is 12.2. The monoisotopic (exact) mass is 379 g/mol. The van der Waals surface area contributed by atoms with E-state index in [0.29, 0.717) is 28.3 Å². The summed E-state index contributed by atoms with van der Waals surface area (Å²) >= 11 is 0. The molecule has 2 aromatic carbocycles. The van der Waals surface area contributed by atoms with Gasteiger partial charge in [0.15, 0.2) is 11.5 Å². The SMILES string of the molecule is COc1ccc(/C=N/NC(=O)c2ccc(N3C(=O)C=CC3=O)cc2)cc1OC. The molecule has 0 fully saturated rings. The lowest BCUT2D eigenvalue weighted by molar-refractivity contribution is -0.119. The van der Waals surface area contributed by atoms with Crippen molar-refractivity contribution in [1.82, 2.24) is 5.43 Å². The largest absolute Gasteiger partial charge is 0.493 e. The molecular weight excluding hydrogens is 362 g/mol. The first-order valence-electron chi connectivity index (χ1n) is 8.25. The Hall–Kier alpha value is -3.94. The number of imide groups is 1. The van der Waals surface area contributed by atoms with Gasteiger partial charge >= 0.3 is 0 Å². The van der Waals surface area contributed by atoms with E-state index in [1.54, 1.807) is 25.3 Å². The summed E-state index contributed by atoms with van der Waals surface area (Å²) in [7, 11) is 3.08. The van der Waals surface area contributed by atoms with Gasteiger partial charge in [-0.1, -0.05) is 0 Å². The molecule has 0 radical (unpaired) electrons. The highest BCUT2D eigenvalue weighted by atomic mass is 16.5. The normalized spacial score (nSPS) is 13.3. The second kappa shape index (κ2) is 8.17. The summed E-state index contributed by atoms with van der Waals surface area (Å²) < 4.78 is 10.4. The molecule has 1 N–H and O–H groups in total. The van der Waals surface area contributed by atoms with E-state index in [1.165, 1.54) is 49.7 Å². The summed E-state index contributed by atoms with van der Waals surface area (Å²) in [6, 6.07) is 11.3. The molecule has 0 aliphatic carbocycles. The van der Waals surface area contributed by atoms with Gasteiger partial charge in [0.25, 0.3) is 17.7 Å². The lowest BCUT2D eigenvalue weighted by Crippen LogP contribution is -2.29. The number of hydrazone groups is 1. The molecular formula is C20H17N3O5. The van der Waals surface area contributed by atoms with Crippen LogP contribution in [0.1, 0.15) is 15.9 Å². The highest BCUT2D eigenvalue weighted by molar-refractivity contribution is 6.28. The van der Waals surface area contributed by atoms with Crippen molar-refractivity contribution in [3.05, 3.63) is 65.7 Å². The van der Waals surface area contributed by atoms with E-state index >= 15 is 0 Å². The number of ether oxygens (including phenoxy) is 2. The van der Waals surface area contributed by atoms with Crippen molar-refractivity contribution in [2.45, 2.75) is 0 Å². The molecule has 3 amide bonds. The van der Waals surface area contributed by atoms with E-state index in [9.17, 15) is 14.4 Å². The first-order valence-corrected chi connectivity index (χ1v) is 8.25. The summed E-state index contributed by atoms with van der Waals surface area (Å²) in [5.74, 6) is -0.119. The maximum Gasteiger partial charge on any atom is 0.271 e. The number of nitrogens with zero attached hydrogens (tertiary/aromatic N) is 2. The van der Waals surface area contributed by atoms with Gasteiger partial charge < -0.3 is 9.47 Å². The summed E-state index contributed by atoms with van der Waals surface area (Å²) in [5, 5.41) is 3.92. The third kappa shape index (κ3) is 3.90. The van der Waals surface area contributed by atoms with E-state index < -0.39 is 17.7 Å². The summed E-state index contributed by atoms with van der Waals surface area (Å²) in [6.45, 7) is 0. The van der Waals surface area contributed by atoms with Gasteiger partial charge in [-0.3, -0.25) is 14.4 Å². The van der Waals surface area contributed by atoms with Crippen LogP contribution in [0.3, 0.4) is 0 Å². The second-order valence-corrected chi connectivity index (χ2v) is 5.71. The number of rotatable bonds is 6. The first-order chi connectivity index (χ1) is 13.5. The quantitative estimate of drug-likeness (QED) is 0.470. The van der Waals surface area contributed by atoms with Gasteiger partial charge in [-0.25, -0.2) is 10.3 Å². The average molecular weight is 379 g/mol. The molecule has 142 valence electrons. The Kier molecular flexibility index (Phi) is 5.50. The standard InChI is InChI=1S/C20H17N3O5/c1-27-16-8-3-13(11-17(16)28-2)12-21-22-20(26)14-4-6-15(7-5-14)23-18(24)9-10-19(23)25/h3-12H,1-2H3,(H,22,26)/b21-12+. The predicted molar refractivity (Wildman–Crippen MR) is 103 cm³/mol. The third-order valence-corrected chi connectivity index (χ3v) is 3.98. The number of carbonyl (C=O) groups is 3. The van der Waals surface area contributed by atoms with Gasteiger partial charge in [0.05, 0.1) is 26.1 Å². The molecule has 0 bridgehead atoms. The van der Waals surface area contributed by atoms with Gasteiger partial charge in [0.1, 0.15) is 0 Å². The lowest BCUT2D eigenvalue weighted by atomic mass is 10.2. The molecule has 0 spiro atoms. The van der Waals surface area contributed by atoms with Crippen LogP contribution >= 0.6 is 0 Å². The van der Waals surface area contributed by atoms with E-state index in [-0.39, 0.29) is 0 Å². The Morgan fingerprint density at radius 2 is 1.61 bits per heavy atom. The second-order valence-electron chi connectivity index (χ2n) is 5.71. The number of methoxy groups -OCH3 is 2. The molecule has 1 heterocycles. The maximum atomic E-state index is 12.2. The van der Waals surface area contributed by atoms with Crippen molar-refractivity contribution in [1.29, 1.82) is 0 Å². The predicted octanol–water partition coefficient (Wildman–Crippen LogP) is 1.90. The third-order valence-electron chi connectivity index (χ3n) is 3.98. The molecule has 0 saturated heterocycles. The van der Waals surface area contributed by atoms with Crippen LogP contribution < -0.4 is 19.8 Å². The topological polar surface area (TPSA) is 97.3 Å². The minimum absolute atomic E-state index is 0.334. The Morgan fingerprint density at radius 3 is 2.21 bits per heavy atom. The van der Waals surface area contributed by atoms with Gasteiger partial charge in [-0.05, 0) is 48.0 Å². The molecule has 2 aromatic rings. The smallest absolute Gasteiger partial charge is 0.271 e. The highest BCUT2D eigenvalue weighted by Crippen LogP contribution is 2.26. The zero-order valence-electron chi connectivity index (χ0n) is 15.2. The van der Waals surface area contributed by atoms with Gasteiger partial charge in [0, 0.05) is 17.7 Å². The average Bonchev–Trinajstić information content (AvgIpc) is 3.06. The van der Waals surface area contributed by atoms with E-state index in [2.05, 4.69) is 10.5 Å². The van der Waals surface area contributed by atoms with Crippen molar-refractivity contribution in [3.8, 4) is 11.5 Å². The number of nitrogens with one attached hydrogen (secondary N) is 1. The number of anilines is 1. The molecule has 28 heavy (non-hydrogen) atoms. The number of amides is 3. The minimum Gasteiger partial charge on any atom is -0.493 e. The van der Waals surface area contributed by atoms with Crippen LogP contribution in [0.15, 0.2) is 59.7 Å². The zero-order valence-corrected chi connectivity index (χ0v) is 15.2. The summed E-state index contributed by atoms with van der Waals surface area (Å²) in [6.07, 6.45) is 3.87. The lowest BCUT2D eigenvalue weighted by Gasteiger charge is -2.13. The fourth-order valence-corrected chi connectivity index (χ4v) is 2.58. The van der Waals surface area contributed by atoms with Gasteiger partial charge in [-0.15, -0.1) is 0 Å². The Balaban J connectivity index is 1.64. The van der Waals surface area contributed by atoms with Crippen molar-refractivity contribution >= 4 is 29.6 Å². The molecule has 0 atom stereocenters. The van der Waals surface area contributed by atoms with Crippen LogP contribution in [0, 0.1) is 0 Å². The highest BCUT2D eigenvalue weighted by Gasteiger charge is 2.25. The Morgan fingerprint density at radius 1 is 0.964 bits per heavy atom. The number of carbonyl (C=O) groups excluding carboxylic acids is 3. The van der Waals surface area contributed by atoms with E-state index in [1.807, 2.05) is 0 Å². The van der Waals surface area contributed by atoms with Crippen LogP contribution in [0.5, 0.6) is 11.5 Å². The molecule has 3 rings (SSSR count). The van der Waals surface area contributed by atoms with Crippen molar-refractivity contribution in [2.75, 3.05) is 19.1 Å². The minimum atomic E-state index is -0.430. The summed E-state index contributed by atoms with van der Waals surface area (Å²) in [5.41, 5.74) is 3.86. The fourth-order valence-electron chi connectivity index (χ4n) is 2.58. The molecule has 0 unspecified atom stereocenters. The summed E-state index contributed by atoms with van der Waals surface area (Å²) in [4.78, 5) is 36.6. The fraction of sp³-hybridized carbons (Fsp3) is 0.100. The van der Waals surface area contributed by atoms with Crippen LogP contribution in [0.2, 0.25) is 0 Å². The van der Waals surface area contributed by atoms with Crippen molar-refractivity contribution < 1.29 is 23.9 Å². The van der Waals surface area contributed by atoms with Crippen LogP contribution in [0.25, 0.3) is 0 Å². The molecule has 1 aliphatic heterocycles. The molecule has 0 aromatic heterocycles. The number of hydrogen-bond acceptors (Lipinski definition) is 6. The van der Waals surface area contributed by atoms with E-state index in [4.69, 9.17) is 9.47 Å². The Bertz CT molecular complexity index is 962. The van der Waals surface area contributed by atoms with Crippen LogP contribution in [-0.4, -0.2) is 38.2 Å². The Labute approximate surface area is 161 Å². The van der Waals surface area contributed by atoms with Crippen molar-refractivity contribution in [2.24, 2.45) is 5.10 Å². The number of benzene rings is 2. The van der Waals surface area contributed by atoms with Crippen LogP contribution in [0.4, 0.5) is 5.69 Å². The number of hydrogen-bond donors (Lipinski definition) is 1. The first kappa shape index (κ1) is 18.8. The van der Waals surface area contributed by atoms with Crippen molar-refractivity contribution in [3.63, 3.8) is 0 Å². The van der Waals surface area contributed by atoms with Gasteiger partial charge in [-0.2, -0.15) is 5.10 Å². The van der Waals surface area contributed by atoms with Gasteiger partial charge in [0.2, 0.25) is 0 Å². The molecule has 1 aliphatic rings. The molecule has 0 saturated carbocycles. The zero-order chi connectivity index (χ0) is 20.1.